The van der Waals surface area contributed by atoms with E-state index in [1.54, 1.807) is 7.11 Å². The quantitative estimate of drug-likeness (QED) is 0.649. The SMILES string of the molecule is CC.CC.COc1ccc2cc(C(=O)C3(C)CCCN(C)C3)ccc2c1. The second kappa shape index (κ2) is 10.3. The molecule has 26 heavy (non-hydrogen) atoms. The molecule has 3 rings (SSSR count). The van der Waals surface area contributed by atoms with Crippen LogP contribution in [0.2, 0.25) is 0 Å². The largest absolute Gasteiger partial charge is 0.497 e. The number of benzene rings is 2. The van der Waals surface area contributed by atoms with Gasteiger partial charge in [-0.3, -0.25) is 4.79 Å². The first-order chi connectivity index (χ1) is 12.5. The number of carbonyl (C=O) groups is 1. The van der Waals surface area contributed by atoms with E-state index < -0.39 is 0 Å². The van der Waals surface area contributed by atoms with Crippen molar-refractivity contribution in [2.45, 2.75) is 47.5 Å². The van der Waals surface area contributed by atoms with E-state index in [1.165, 1.54) is 0 Å². The molecule has 1 aliphatic rings. The van der Waals surface area contributed by atoms with E-state index in [0.29, 0.717) is 0 Å². The lowest BCUT2D eigenvalue weighted by molar-refractivity contribution is 0.0648. The number of rotatable bonds is 3. The minimum atomic E-state index is -0.271. The van der Waals surface area contributed by atoms with E-state index >= 15 is 0 Å². The van der Waals surface area contributed by atoms with Crippen molar-refractivity contribution in [1.82, 2.24) is 4.90 Å². The molecule has 1 heterocycles. The number of likely N-dealkylation sites (tertiary alicyclic amines) is 1. The van der Waals surface area contributed by atoms with Crippen molar-refractivity contribution in [3.63, 3.8) is 0 Å². The average molecular weight is 358 g/mol. The number of methoxy groups -OCH3 is 1. The lowest BCUT2D eigenvalue weighted by Gasteiger charge is -2.37. The first-order valence-electron chi connectivity index (χ1n) is 9.83. The molecule has 1 unspecified atom stereocenters. The van der Waals surface area contributed by atoms with Crippen LogP contribution in [0.1, 0.15) is 57.8 Å². The summed E-state index contributed by atoms with van der Waals surface area (Å²) in [5, 5.41) is 2.18. The van der Waals surface area contributed by atoms with E-state index in [2.05, 4.69) is 18.9 Å². The third-order valence-corrected chi connectivity index (χ3v) is 4.75. The van der Waals surface area contributed by atoms with Gasteiger partial charge in [-0.25, -0.2) is 0 Å². The maximum absolute atomic E-state index is 13.0. The molecule has 1 saturated heterocycles. The van der Waals surface area contributed by atoms with Gasteiger partial charge in [0.15, 0.2) is 5.78 Å². The van der Waals surface area contributed by atoms with Crippen LogP contribution in [0, 0.1) is 5.41 Å². The predicted molar refractivity (Wildman–Crippen MR) is 112 cm³/mol. The number of Topliss-reactive ketones (excluding diaryl/α,β-unsaturated/α-hetero) is 1. The van der Waals surface area contributed by atoms with Crippen LogP contribution in [0.25, 0.3) is 10.8 Å². The van der Waals surface area contributed by atoms with Gasteiger partial charge in [0.1, 0.15) is 5.75 Å². The Kier molecular flexibility index (Phi) is 8.80. The van der Waals surface area contributed by atoms with Crippen molar-refractivity contribution < 1.29 is 9.53 Å². The number of hydrogen-bond donors (Lipinski definition) is 0. The Morgan fingerprint density at radius 2 is 1.65 bits per heavy atom. The zero-order valence-electron chi connectivity index (χ0n) is 17.6. The summed E-state index contributed by atoms with van der Waals surface area (Å²) in [4.78, 5) is 15.2. The third-order valence-electron chi connectivity index (χ3n) is 4.75. The molecular weight excluding hydrogens is 322 g/mol. The monoisotopic (exact) mass is 357 g/mol. The zero-order valence-corrected chi connectivity index (χ0v) is 17.6. The fourth-order valence-corrected chi connectivity index (χ4v) is 3.52. The van der Waals surface area contributed by atoms with E-state index in [9.17, 15) is 4.79 Å². The molecule has 0 bridgehead atoms. The average Bonchev–Trinajstić information content (AvgIpc) is 2.69. The Labute approximate surface area is 159 Å². The highest BCUT2D eigenvalue weighted by molar-refractivity contribution is 6.03. The molecule has 0 aromatic heterocycles. The minimum absolute atomic E-state index is 0.261. The highest BCUT2D eigenvalue weighted by Gasteiger charge is 2.37. The van der Waals surface area contributed by atoms with Gasteiger partial charge in [-0.2, -0.15) is 0 Å². The molecule has 3 nitrogen and oxygen atoms in total. The van der Waals surface area contributed by atoms with Gasteiger partial charge in [-0.15, -0.1) is 0 Å². The van der Waals surface area contributed by atoms with E-state index in [4.69, 9.17) is 4.74 Å². The molecule has 0 N–H and O–H groups in total. The number of nitrogens with zero attached hydrogens (tertiary/aromatic N) is 1. The van der Waals surface area contributed by atoms with Crippen molar-refractivity contribution in [2.24, 2.45) is 5.41 Å². The van der Waals surface area contributed by atoms with Crippen molar-refractivity contribution in [2.75, 3.05) is 27.2 Å². The third kappa shape index (κ3) is 5.07. The predicted octanol–water partition coefficient (Wildman–Crippen LogP) is 5.82. The summed E-state index contributed by atoms with van der Waals surface area (Å²) in [6.45, 7) is 12.0. The number of ketones is 1. The molecule has 1 fully saturated rings. The molecule has 1 aliphatic heterocycles. The highest BCUT2D eigenvalue weighted by Crippen LogP contribution is 2.33. The lowest BCUT2D eigenvalue weighted by atomic mass is 9.76. The Balaban J connectivity index is 0.000000791. The summed E-state index contributed by atoms with van der Waals surface area (Å²) in [7, 11) is 3.76. The fraction of sp³-hybridized carbons (Fsp3) is 0.522. The normalized spacial score (nSPS) is 19.7. The molecule has 0 aliphatic carbocycles. The second-order valence-corrected chi connectivity index (χ2v) is 6.66. The molecule has 2 aromatic carbocycles. The van der Waals surface area contributed by atoms with E-state index in [0.717, 1.165) is 48.0 Å². The van der Waals surface area contributed by atoms with Crippen LogP contribution in [0.5, 0.6) is 5.75 Å². The van der Waals surface area contributed by atoms with Crippen molar-refractivity contribution in [3.05, 3.63) is 42.0 Å². The number of ether oxygens (including phenoxy) is 1. The van der Waals surface area contributed by atoms with E-state index in [-0.39, 0.29) is 11.2 Å². The van der Waals surface area contributed by atoms with Gasteiger partial charge in [0.25, 0.3) is 0 Å². The Bertz CT molecular complexity index is 710. The molecule has 0 radical (unpaired) electrons. The van der Waals surface area contributed by atoms with Gasteiger partial charge in [0, 0.05) is 17.5 Å². The molecule has 0 spiro atoms. The minimum Gasteiger partial charge on any atom is -0.497 e. The van der Waals surface area contributed by atoms with Gasteiger partial charge in [-0.1, -0.05) is 52.8 Å². The molecule has 3 heteroatoms. The van der Waals surface area contributed by atoms with Gasteiger partial charge in [0.05, 0.1) is 7.11 Å². The Morgan fingerprint density at radius 3 is 2.27 bits per heavy atom. The summed E-state index contributed by atoms with van der Waals surface area (Å²) < 4.78 is 5.25. The first-order valence-corrected chi connectivity index (χ1v) is 9.83. The van der Waals surface area contributed by atoms with Crippen LogP contribution >= 0.6 is 0 Å². The van der Waals surface area contributed by atoms with Crippen LogP contribution in [0.3, 0.4) is 0 Å². The molecule has 0 amide bonds. The number of carbonyl (C=O) groups excluding carboxylic acids is 1. The molecule has 2 aromatic rings. The Morgan fingerprint density at radius 1 is 1.04 bits per heavy atom. The van der Waals surface area contributed by atoms with Crippen LogP contribution in [0.4, 0.5) is 0 Å². The summed E-state index contributed by atoms with van der Waals surface area (Å²) in [6, 6.07) is 11.9. The summed E-state index contributed by atoms with van der Waals surface area (Å²) in [5.41, 5.74) is 0.545. The van der Waals surface area contributed by atoms with Gasteiger partial charge < -0.3 is 9.64 Å². The van der Waals surface area contributed by atoms with Crippen LogP contribution in [-0.4, -0.2) is 37.9 Å². The summed E-state index contributed by atoms with van der Waals surface area (Å²) in [5.74, 6) is 1.10. The number of hydrogen-bond acceptors (Lipinski definition) is 3. The molecule has 1 atom stereocenters. The van der Waals surface area contributed by atoms with Crippen molar-refractivity contribution in [3.8, 4) is 5.75 Å². The lowest BCUT2D eigenvalue weighted by Crippen LogP contribution is -2.44. The van der Waals surface area contributed by atoms with Gasteiger partial charge in [-0.05, 0) is 55.4 Å². The Hall–Kier alpha value is -1.87. The molecular formula is C23H35NO2. The molecule has 0 saturated carbocycles. The second-order valence-electron chi connectivity index (χ2n) is 6.66. The summed E-state index contributed by atoms with van der Waals surface area (Å²) >= 11 is 0. The highest BCUT2D eigenvalue weighted by atomic mass is 16.5. The number of piperidine rings is 1. The fourth-order valence-electron chi connectivity index (χ4n) is 3.52. The zero-order chi connectivity index (χ0) is 19.7. The van der Waals surface area contributed by atoms with Gasteiger partial charge >= 0.3 is 0 Å². The molecule has 144 valence electrons. The van der Waals surface area contributed by atoms with E-state index in [1.807, 2.05) is 64.1 Å². The van der Waals surface area contributed by atoms with Crippen LogP contribution in [0.15, 0.2) is 36.4 Å². The topological polar surface area (TPSA) is 29.5 Å². The number of fused-ring (bicyclic) bond motifs is 1. The standard InChI is InChI=1S/C19H23NO2.2C2H6/c1-19(9-4-10-20(2)13-19)18(21)16-6-5-15-12-17(22-3)8-7-14(15)11-16;2*1-2/h5-8,11-12H,4,9-10,13H2,1-3H3;2*1-2H3. The summed E-state index contributed by atoms with van der Waals surface area (Å²) in [6.07, 6.45) is 2.06. The van der Waals surface area contributed by atoms with Gasteiger partial charge in [0.2, 0.25) is 0 Å². The first kappa shape index (κ1) is 22.2. The van der Waals surface area contributed by atoms with Crippen LogP contribution in [-0.2, 0) is 0 Å². The maximum Gasteiger partial charge on any atom is 0.170 e. The maximum atomic E-state index is 13.0. The van der Waals surface area contributed by atoms with Crippen molar-refractivity contribution >= 4 is 16.6 Å². The van der Waals surface area contributed by atoms with Crippen LogP contribution < -0.4 is 4.74 Å². The smallest absolute Gasteiger partial charge is 0.170 e. The van der Waals surface area contributed by atoms with Crippen molar-refractivity contribution in [1.29, 1.82) is 0 Å².